The van der Waals surface area contributed by atoms with Gasteiger partial charge in [0.25, 0.3) is 0 Å². The van der Waals surface area contributed by atoms with Crippen LogP contribution < -0.4 is 9.72 Å². The van der Waals surface area contributed by atoms with Crippen molar-refractivity contribution in [3.8, 4) is 5.75 Å². The van der Waals surface area contributed by atoms with E-state index in [9.17, 15) is 20.1 Å². The number of nitrogens with zero attached hydrogens (tertiary/aromatic N) is 1. The summed E-state index contributed by atoms with van der Waals surface area (Å²) >= 11 is 0. The van der Waals surface area contributed by atoms with Crippen LogP contribution in [0.15, 0.2) is 24.4 Å². The van der Waals surface area contributed by atoms with Gasteiger partial charge >= 0.3 is 5.97 Å². The number of carbonyl (C=O) groups excluding carboxylic acids is 1. The summed E-state index contributed by atoms with van der Waals surface area (Å²) < 4.78 is 16.2. The fourth-order valence-corrected chi connectivity index (χ4v) is 3.50. The number of fused-ring (bicyclic) bond motifs is 1. The summed E-state index contributed by atoms with van der Waals surface area (Å²) in [7, 11) is 0. The van der Waals surface area contributed by atoms with Crippen molar-refractivity contribution in [3.63, 3.8) is 0 Å². The lowest BCUT2D eigenvalue weighted by atomic mass is 10.0. The Morgan fingerprint density at radius 3 is 2.77 bits per heavy atom. The monoisotopic (exact) mass is 436 g/mol. The molecular weight excluding hydrogens is 406 g/mol. The van der Waals surface area contributed by atoms with Crippen molar-refractivity contribution < 1.29 is 39.4 Å². The lowest BCUT2D eigenvalue weighted by molar-refractivity contribution is -0.246. The van der Waals surface area contributed by atoms with Gasteiger partial charge in [0.15, 0.2) is 6.10 Å². The SMILES string of the molecule is CC(C)CCc1ccc2[n-]cc(OC(=O)C3OC(O)(CO)C(O)C3OCCCO)c2c1. The van der Waals surface area contributed by atoms with E-state index in [-0.39, 0.29) is 25.4 Å². The molecule has 1 aliphatic heterocycles. The Bertz CT molecular complexity index is 882. The zero-order chi connectivity index (χ0) is 22.6. The van der Waals surface area contributed by atoms with E-state index in [1.54, 1.807) is 0 Å². The molecule has 0 amide bonds. The number of esters is 1. The van der Waals surface area contributed by atoms with Gasteiger partial charge < -0.3 is 39.6 Å². The van der Waals surface area contributed by atoms with Crippen molar-refractivity contribution in [2.45, 2.75) is 57.2 Å². The van der Waals surface area contributed by atoms with Gasteiger partial charge in [-0.1, -0.05) is 26.0 Å². The van der Waals surface area contributed by atoms with Crippen molar-refractivity contribution in [2.24, 2.45) is 5.92 Å². The molecule has 1 saturated heterocycles. The number of ether oxygens (including phenoxy) is 3. The van der Waals surface area contributed by atoms with Crippen LogP contribution in [0.4, 0.5) is 0 Å². The number of aryl methyl sites for hydroxylation is 1. The van der Waals surface area contributed by atoms with Gasteiger partial charge in [-0.05, 0) is 36.8 Å². The first-order valence-electron chi connectivity index (χ1n) is 10.5. The number of hydrogen-bond acceptors (Lipinski definition) is 8. The molecule has 4 atom stereocenters. The lowest BCUT2D eigenvalue weighted by Crippen LogP contribution is -2.47. The Balaban J connectivity index is 1.78. The van der Waals surface area contributed by atoms with Crippen LogP contribution in [0.2, 0.25) is 0 Å². The Morgan fingerprint density at radius 1 is 1.32 bits per heavy atom. The standard InChI is InChI=1S/C22H30NO8/c1-13(2)4-5-14-6-7-16-15(10-14)17(11-23-16)30-21(27)19-18(29-9-3-8-24)20(26)22(28,12-25)31-19/h6-7,10-11,13,18-20,24-26,28H,3-5,8-9,12H2,1-2H3/q-1. The second kappa shape index (κ2) is 10.1. The van der Waals surface area contributed by atoms with Crippen LogP contribution in [0.5, 0.6) is 5.75 Å². The number of aliphatic hydroxyl groups is 4. The molecule has 0 saturated carbocycles. The van der Waals surface area contributed by atoms with Gasteiger partial charge in [-0.15, -0.1) is 11.7 Å². The van der Waals surface area contributed by atoms with Crippen LogP contribution in [0.1, 0.15) is 32.3 Å². The van der Waals surface area contributed by atoms with Gasteiger partial charge in [-0.3, -0.25) is 0 Å². The summed E-state index contributed by atoms with van der Waals surface area (Å²) in [6.07, 6.45) is -0.819. The van der Waals surface area contributed by atoms with Crippen LogP contribution in [0.25, 0.3) is 10.9 Å². The highest BCUT2D eigenvalue weighted by Crippen LogP contribution is 2.33. The number of aliphatic hydroxyl groups excluding tert-OH is 3. The molecule has 1 fully saturated rings. The zero-order valence-corrected chi connectivity index (χ0v) is 17.7. The van der Waals surface area contributed by atoms with E-state index in [2.05, 4.69) is 18.8 Å². The molecule has 4 unspecified atom stereocenters. The fourth-order valence-electron chi connectivity index (χ4n) is 3.50. The lowest BCUT2D eigenvalue weighted by Gasteiger charge is -2.23. The molecule has 4 N–H and O–H groups in total. The minimum atomic E-state index is -2.36. The molecule has 9 nitrogen and oxygen atoms in total. The molecule has 0 spiro atoms. The highest BCUT2D eigenvalue weighted by molar-refractivity contribution is 5.90. The van der Waals surface area contributed by atoms with Gasteiger partial charge in [0.2, 0.25) is 5.79 Å². The normalized spacial score (nSPS) is 26.1. The maximum absolute atomic E-state index is 12.8. The second-order valence-corrected chi connectivity index (χ2v) is 8.23. The maximum Gasteiger partial charge on any atom is 0.343 e. The van der Waals surface area contributed by atoms with Gasteiger partial charge in [0, 0.05) is 18.6 Å². The van der Waals surface area contributed by atoms with Gasteiger partial charge in [0.05, 0.1) is 6.61 Å². The van der Waals surface area contributed by atoms with Gasteiger partial charge in [-0.25, -0.2) is 4.79 Å². The van der Waals surface area contributed by atoms with Gasteiger partial charge in [-0.2, -0.15) is 0 Å². The van der Waals surface area contributed by atoms with E-state index >= 15 is 0 Å². The molecule has 0 radical (unpaired) electrons. The van der Waals surface area contributed by atoms with Crippen molar-refractivity contribution in [1.82, 2.24) is 4.98 Å². The second-order valence-electron chi connectivity index (χ2n) is 8.23. The fraction of sp³-hybridized carbons (Fsp3) is 0.591. The molecule has 0 bridgehead atoms. The average molecular weight is 436 g/mol. The van der Waals surface area contributed by atoms with Crippen molar-refractivity contribution in [3.05, 3.63) is 30.0 Å². The summed E-state index contributed by atoms with van der Waals surface area (Å²) in [5.74, 6) is -2.45. The third-order valence-corrected chi connectivity index (χ3v) is 5.34. The van der Waals surface area contributed by atoms with Crippen LogP contribution >= 0.6 is 0 Å². The third kappa shape index (κ3) is 5.25. The molecule has 31 heavy (non-hydrogen) atoms. The Kier molecular flexibility index (Phi) is 7.68. The Hall–Kier alpha value is -2.01. The third-order valence-electron chi connectivity index (χ3n) is 5.34. The first kappa shape index (κ1) is 23.6. The molecular formula is C22H30NO8-. The van der Waals surface area contributed by atoms with Crippen LogP contribution in [-0.4, -0.2) is 70.3 Å². The average Bonchev–Trinajstić information content (AvgIpc) is 3.26. The number of carbonyl (C=O) groups is 1. The van der Waals surface area contributed by atoms with Crippen molar-refractivity contribution in [1.29, 1.82) is 0 Å². The van der Waals surface area contributed by atoms with Crippen LogP contribution in [0, 0.1) is 5.92 Å². The first-order valence-corrected chi connectivity index (χ1v) is 10.5. The molecule has 0 aliphatic carbocycles. The minimum Gasteiger partial charge on any atom is -0.661 e. The van der Waals surface area contributed by atoms with Gasteiger partial charge in [0.1, 0.15) is 18.0 Å². The molecule has 2 aromatic rings. The molecule has 3 rings (SSSR count). The zero-order valence-electron chi connectivity index (χ0n) is 17.7. The largest absolute Gasteiger partial charge is 0.661 e. The minimum absolute atomic E-state index is 0.0208. The smallest absolute Gasteiger partial charge is 0.343 e. The predicted octanol–water partition coefficient (Wildman–Crippen LogP) is 0.499. The van der Waals surface area contributed by atoms with E-state index < -0.39 is 36.7 Å². The number of benzene rings is 1. The topological polar surface area (TPSA) is 140 Å². The highest BCUT2D eigenvalue weighted by Gasteiger charge is 2.57. The molecule has 2 heterocycles. The van der Waals surface area contributed by atoms with E-state index in [0.717, 1.165) is 18.4 Å². The number of hydrogen-bond donors (Lipinski definition) is 4. The van der Waals surface area contributed by atoms with Crippen LogP contribution in [0.3, 0.4) is 0 Å². The highest BCUT2D eigenvalue weighted by atomic mass is 16.7. The van der Waals surface area contributed by atoms with E-state index in [1.165, 1.54) is 6.20 Å². The Labute approximate surface area is 180 Å². The molecule has 172 valence electrons. The summed E-state index contributed by atoms with van der Waals surface area (Å²) in [5, 5.41) is 39.6. The molecule has 1 aromatic heterocycles. The first-order chi connectivity index (χ1) is 14.8. The summed E-state index contributed by atoms with van der Waals surface area (Å²) in [6, 6.07) is 5.78. The number of rotatable bonds is 10. The molecule has 1 aromatic carbocycles. The maximum atomic E-state index is 12.8. The molecule has 1 aliphatic rings. The summed E-state index contributed by atoms with van der Waals surface area (Å²) in [4.78, 5) is 17.1. The van der Waals surface area contributed by atoms with E-state index in [1.807, 2.05) is 18.2 Å². The van der Waals surface area contributed by atoms with Crippen LogP contribution in [-0.2, 0) is 20.7 Å². The van der Waals surface area contributed by atoms with E-state index in [0.29, 0.717) is 16.8 Å². The van der Waals surface area contributed by atoms with Crippen molar-refractivity contribution in [2.75, 3.05) is 19.8 Å². The summed E-state index contributed by atoms with van der Waals surface area (Å²) in [5.41, 5.74) is 1.77. The van der Waals surface area contributed by atoms with Crippen molar-refractivity contribution >= 4 is 16.9 Å². The summed E-state index contributed by atoms with van der Waals surface area (Å²) in [6.45, 7) is 3.25. The number of aromatic nitrogens is 1. The Morgan fingerprint density at radius 2 is 2.10 bits per heavy atom. The predicted molar refractivity (Wildman–Crippen MR) is 110 cm³/mol. The van der Waals surface area contributed by atoms with E-state index in [4.69, 9.17) is 19.3 Å². The molecule has 9 heteroatoms. The quantitative estimate of drug-likeness (QED) is 0.310.